The predicted octanol–water partition coefficient (Wildman–Crippen LogP) is 2.85. The normalized spacial score (nSPS) is 13.4. The van der Waals surface area contributed by atoms with Crippen molar-refractivity contribution in [1.82, 2.24) is 5.16 Å². The maximum Gasteiger partial charge on any atom is 0.339 e. The highest BCUT2D eigenvalue weighted by molar-refractivity contribution is 5.99. The molecule has 0 radical (unpaired) electrons. The molecule has 9 nitrogen and oxygen atoms in total. The van der Waals surface area contributed by atoms with Crippen LogP contribution in [-0.4, -0.2) is 29.5 Å². The molecular weight excluding hydrogens is 390 g/mol. The molecule has 2 amide bonds. The largest absolute Gasteiger partial charge is 0.482 e. The number of anilines is 2. The minimum Gasteiger partial charge on any atom is -0.482 e. The van der Waals surface area contributed by atoms with Gasteiger partial charge in [-0.2, -0.15) is 0 Å². The first-order valence-corrected chi connectivity index (χ1v) is 9.06. The highest BCUT2D eigenvalue weighted by Crippen LogP contribution is 2.30. The second-order valence-electron chi connectivity index (χ2n) is 6.56. The Morgan fingerprint density at radius 3 is 2.70 bits per heavy atom. The lowest BCUT2D eigenvalue weighted by atomic mass is 10.1. The number of hydrogen-bond acceptors (Lipinski definition) is 7. The van der Waals surface area contributed by atoms with E-state index < -0.39 is 18.0 Å². The van der Waals surface area contributed by atoms with Crippen LogP contribution in [0.5, 0.6) is 5.75 Å². The van der Waals surface area contributed by atoms with Crippen LogP contribution in [0.4, 0.5) is 11.5 Å². The van der Waals surface area contributed by atoms with Crippen LogP contribution in [0.15, 0.2) is 59.1 Å². The van der Waals surface area contributed by atoms with E-state index in [4.69, 9.17) is 14.0 Å². The van der Waals surface area contributed by atoms with Crippen LogP contribution in [0.1, 0.15) is 27.8 Å². The van der Waals surface area contributed by atoms with E-state index in [2.05, 4.69) is 15.8 Å². The number of nitrogens with one attached hydrogen (secondary N) is 2. The molecule has 9 heteroatoms. The van der Waals surface area contributed by atoms with Crippen LogP contribution in [0.3, 0.4) is 0 Å². The number of carbonyl (C=O) groups is 3. The molecule has 0 saturated heterocycles. The summed E-state index contributed by atoms with van der Waals surface area (Å²) in [5.74, 6) is -0.486. The molecule has 1 aliphatic heterocycles. The molecule has 4 rings (SSSR count). The highest BCUT2D eigenvalue weighted by Gasteiger charge is 2.27. The molecular formula is C21H17N3O6. The summed E-state index contributed by atoms with van der Waals surface area (Å²) >= 11 is 0. The number of esters is 1. The molecule has 1 atom stereocenters. The molecule has 0 spiro atoms. The molecule has 1 aliphatic rings. The second-order valence-corrected chi connectivity index (χ2v) is 6.56. The smallest absolute Gasteiger partial charge is 0.339 e. The van der Waals surface area contributed by atoms with E-state index >= 15 is 0 Å². The van der Waals surface area contributed by atoms with Crippen LogP contribution in [-0.2, 0) is 14.3 Å². The van der Waals surface area contributed by atoms with Crippen molar-refractivity contribution < 1.29 is 28.4 Å². The van der Waals surface area contributed by atoms with Crippen LogP contribution in [0.25, 0.3) is 0 Å². The first kappa shape index (κ1) is 19.2. The van der Waals surface area contributed by atoms with Gasteiger partial charge < -0.3 is 24.6 Å². The molecule has 152 valence electrons. The monoisotopic (exact) mass is 407 g/mol. The van der Waals surface area contributed by atoms with E-state index in [-0.39, 0.29) is 23.9 Å². The van der Waals surface area contributed by atoms with Crippen LogP contribution >= 0.6 is 0 Å². The van der Waals surface area contributed by atoms with Gasteiger partial charge in [-0.05, 0) is 25.1 Å². The number of benzene rings is 2. The van der Waals surface area contributed by atoms with E-state index in [1.54, 1.807) is 49.4 Å². The van der Waals surface area contributed by atoms with Gasteiger partial charge in [0.05, 0.1) is 11.3 Å². The van der Waals surface area contributed by atoms with Gasteiger partial charge in [0.25, 0.3) is 11.8 Å². The minimum atomic E-state index is -1.22. The number of aromatic nitrogens is 1. The third-order valence-electron chi connectivity index (χ3n) is 4.29. The highest BCUT2D eigenvalue weighted by atomic mass is 16.5. The molecule has 0 saturated carbocycles. The molecule has 2 heterocycles. The molecule has 1 unspecified atom stereocenters. The summed E-state index contributed by atoms with van der Waals surface area (Å²) in [6, 6.07) is 14.6. The average molecular weight is 407 g/mol. The lowest BCUT2D eigenvalue weighted by Crippen LogP contribution is -2.27. The number of nitrogens with zero attached hydrogens (tertiary/aromatic N) is 1. The molecule has 30 heavy (non-hydrogen) atoms. The summed E-state index contributed by atoms with van der Waals surface area (Å²) in [6.45, 7) is 1.55. The minimum absolute atomic E-state index is 0.141. The molecule has 0 aliphatic carbocycles. The Balaban J connectivity index is 1.56. The number of amides is 2. The van der Waals surface area contributed by atoms with Gasteiger partial charge in [-0.1, -0.05) is 35.5 Å². The van der Waals surface area contributed by atoms with Gasteiger partial charge in [-0.25, -0.2) is 4.79 Å². The fourth-order valence-electron chi connectivity index (χ4n) is 2.89. The summed E-state index contributed by atoms with van der Waals surface area (Å²) in [6.07, 6.45) is -1.22. The lowest BCUT2D eigenvalue weighted by molar-refractivity contribution is -0.125. The molecule has 2 N–H and O–H groups in total. The van der Waals surface area contributed by atoms with Gasteiger partial charge in [0.1, 0.15) is 11.5 Å². The zero-order chi connectivity index (χ0) is 21.1. The van der Waals surface area contributed by atoms with Crippen LogP contribution in [0, 0.1) is 6.92 Å². The van der Waals surface area contributed by atoms with Gasteiger partial charge in [0.15, 0.2) is 12.4 Å². The number of fused-ring (bicyclic) bond motifs is 1. The summed E-state index contributed by atoms with van der Waals surface area (Å²) in [4.78, 5) is 37.0. The van der Waals surface area contributed by atoms with Gasteiger partial charge in [-0.15, -0.1) is 0 Å². The molecule has 0 bridgehead atoms. The Morgan fingerprint density at radius 2 is 1.97 bits per heavy atom. The fourth-order valence-corrected chi connectivity index (χ4v) is 2.89. The Bertz CT molecular complexity index is 1110. The summed E-state index contributed by atoms with van der Waals surface area (Å²) < 4.78 is 15.8. The first-order chi connectivity index (χ1) is 14.5. The predicted molar refractivity (Wildman–Crippen MR) is 105 cm³/mol. The third-order valence-corrected chi connectivity index (χ3v) is 4.29. The molecule has 0 fully saturated rings. The van der Waals surface area contributed by atoms with E-state index in [9.17, 15) is 14.4 Å². The van der Waals surface area contributed by atoms with E-state index in [0.717, 1.165) is 0 Å². The Hall–Kier alpha value is -4.14. The van der Waals surface area contributed by atoms with E-state index in [1.165, 1.54) is 12.1 Å². The first-order valence-electron chi connectivity index (χ1n) is 9.06. The van der Waals surface area contributed by atoms with Crippen LogP contribution in [0.2, 0.25) is 0 Å². The maximum atomic E-state index is 12.8. The zero-order valence-electron chi connectivity index (χ0n) is 15.9. The van der Waals surface area contributed by atoms with Crippen molar-refractivity contribution in [2.45, 2.75) is 13.0 Å². The fraction of sp³-hybridized carbons (Fsp3) is 0.143. The number of aryl methyl sites for hydroxylation is 1. The Kier molecular flexibility index (Phi) is 5.17. The number of ether oxygens (including phenoxy) is 2. The van der Waals surface area contributed by atoms with Crippen molar-refractivity contribution in [3.8, 4) is 5.75 Å². The third kappa shape index (κ3) is 4.14. The van der Waals surface area contributed by atoms with Crippen molar-refractivity contribution in [3.63, 3.8) is 0 Å². The Labute approximate surface area is 171 Å². The van der Waals surface area contributed by atoms with Crippen molar-refractivity contribution in [1.29, 1.82) is 0 Å². The van der Waals surface area contributed by atoms with E-state index in [0.29, 0.717) is 22.8 Å². The van der Waals surface area contributed by atoms with Crippen LogP contribution < -0.4 is 15.4 Å². The SMILES string of the molecule is Cc1cc(NC(=O)C(OC(=O)c2ccc3c(c2)OCC(=O)N3)c2ccccc2)no1. The van der Waals surface area contributed by atoms with Gasteiger partial charge in [0.2, 0.25) is 6.10 Å². The summed E-state index contributed by atoms with van der Waals surface area (Å²) in [5, 5.41) is 8.95. The maximum absolute atomic E-state index is 12.8. The summed E-state index contributed by atoms with van der Waals surface area (Å²) in [5.41, 5.74) is 1.13. The number of rotatable bonds is 5. The van der Waals surface area contributed by atoms with Crippen molar-refractivity contribution in [3.05, 3.63) is 71.5 Å². The lowest BCUT2D eigenvalue weighted by Gasteiger charge is -2.20. The average Bonchev–Trinajstić information content (AvgIpc) is 3.16. The second kappa shape index (κ2) is 8.08. The quantitative estimate of drug-likeness (QED) is 0.624. The van der Waals surface area contributed by atoms with Gasteiger partial charge >= 0.3 is 5.97 Å². The molecule has 1 aromatic heterocycles. The van der Waals surface area contributed by atoms with Crippen molar-refractivity contribution in [2.24, 2.45) is 0 Å². The summed E-state index contributed by atoms with van der Waals surface area (Å²) in [7, 11) is 0. The topological polar surface area (TPSA) is 120 Å². The van der Waals surface area contributed by atoms with Crippen molar-refractivity contribution >= 4 is 29.3 Å². The number of carbonyl (C=O) groups excluding carboxylic acids is 3. The molecule has 2 aromatic carbocycles. The van der Waals surface area contributed by atoms with Crippen molar-refractivity contribution in [2.75, 3.05) is 17.2 Å². The van der Waals surface area contributed by atoms with Gasteiger partial charge in [0, 0.05) is 11.6 Å². The van der Waals surface area contributed by atoms with Gasteiger partial charge in [-0.3, -0.25) is 9.59 Å². The van der Waals surface area contributed by atoms with E-state index in [1.807, 2.05) is 0 Å². The molecule has 3 aromatic rings. The standard InChI is InChI=1S/C21H17N3O6/c1-12-9-17(24-30-12)23-20(26)19(13-5-3-2-4-6-13)29-21(27)14-7-8-15-16(10-14)28-11-18(25)22-15/h2-10,19H,11H2,1H3,(H,22,25)(H,23,24,26). The zero-order valence-corrected chi connectivity index (χ0v) is 15.9. The number of hydrogen-bond donors (Lipinski definition) is 2. The Morgan fingerprint density at radius 1 is 1.17 bits per heavy atom.